The first-order valence-corrected chi connectivity index (χ1v) is 8.72. The Morgan fingerprint density at radius 2 is 2.04 bits per heavy atom. The molecule has 8 heteroatoms. The predicted octanol–water partition coefficient (Wildman–Crippen LogP) is 1.60. The average molecular weight is 374 g/mol. The number of hydrogen-bond acceptors (Lipinski definition) is 5. The molecule has 2 heterocycles. The molecule has 0 unspecified atom stereocenters. The molecule has 0 spiro atoms. The number of carbonyl (C=O) groups is 1. The third-order valence-electron chi connectivity index (χ3n) is 4.60. The van der Waals surface area contributed by atoms with E-state index in [2.05, 4.69) is 20.6 Å². The van der Waals surface area contributed by atoms with Crippen LogP contribution in [0, 0.1) is 0 Å². The van der Waals surface area contributed by atoms with Gasteiger partial charge in [0.1, 0.15) is 0 Å². The van der Waals surface area contributed by atoms with E-state index in [1.54, 1.807) is 42.2 Å². The second-order valence-electron chi connectivity index (χ2n) is 6.43. The molecule has 0 aliphatic rings. The fraction of sp³-hybridized carbons (Fsp3) is 0.150. The Bertz CT molecular complexity index is 1240. The van der Waals surface area contributed by atoms with Crippen molar-refractivity contribution < 1.29 is 4.79 Å². The predicted molar refractivity (Wildman–Crippen MR) is 105 cm³/mol. The van der Waals surface area contributed by atoms with E-state index in [-0.39, 0.29) is 11.5 Å². The van der Waals surface area contributed by atoms with Crippen LogP contribution < -0.4 is 10.9 Å². The minimum Gasteiger partial charge on any atom is -0.355 e. The van der Waals surface area contributed by atoms with Crippen molar-refractivity contribution >= 4 is 16.8 Å². The van der Waals surface area contributed by atoms with Gasteiger partial charge in [0.05, 0.1) is 35.7 Å². The summed E-state index contributed by atoms with van der Waals surface area (Å²) in [6, 6.07) is 12.7. The summed E-state index contributed by atoms with van der Waals surface area (Å²) < 4.78 is 3.21. The van der Waals surface area contributed by atoms with E-state index in [0.717, 1.165) is 16.8 Å². The van der Waals surface area contributed by atoms with E-state index >= 15 is 0 Å². The highest BCUT2D eigenvalue weighted by Gasteiger charge is 2.10. The largest absolute Gasteiger partial charge is 0.355 e. The van der Waals surface area contributed by atoms with Gasteiger partial charge < -0.3 is 5.32 Å². The Hall–Kier alpha value is -3.81. The van der Waals surface area contributed by atoms with Crippen molar-refractivity contribution in [1.29, 1.82) is 0 Å². The molecular formula is C20H18N6O2. The first kappa shape index (κ1) is 17.6. The quantitative estimate of drug-likeness (QED) is 0.585. The van der Waals surface area contributed by atoms with Crippen molar-refractivity contribution in [2.75, 3.05) is 7.05 Å². The number of nitrogens with one attached hydrogen (secondary N) is 1. The number of rotatable bonds is 4. The Balaban J connectivity index is 1.70. The van der Waals surface area contributed by atoms with Crippen molar-refractivity contribution in [3.05, 3.63) is 76.5 Å². The number of benzene rings is 2. The second kappa shape index (κ2) is 7.07. The molecule has 0 fully saturated rings. The van der Waals surface area contributed by atoms with Gasteiger partial charge in [-0.3, -0.25) is 14.2 Å². The maximum Gasteiger partial charge on any atom is 0.261 e. The minimum atomic E-state index is -0.164. The van der Waals surface area contributed by atoms with Crippen LogP contribution in [0.2, 0.25) is 0 Å². The van der Waals surface area contributed by atoms with E-state index in [4.69, 9.17) is 0 Å². The van der Waals surface area contributed by atoms with Crippen LogP contribution in [-0.4, -0.2) is 37.5 Å². The fourth-order valence-corrected chi connectivity index (χ4v) is 3.13. The van der Waals surface area contributed by atoms with E-state index in [9.17, 15) is 9.59 Å². The number of fused-ring (bicyclic) bond motifs is 1. The zero-order chi connectivity index (χ0) is 19.7. The summed E-state index contributed by atoms with van der Waals surface area (Å²) in [5.41, 5.74) is 3.61. The van der Waals surface area contributed by atoms with Crippen molar-refractivity contribution in [2.45, 2.75) is 6.54 Å². The molecule has 8 nitrogen and oxygen atoms in total. The lowest BCUT2D eigenvalue weighted by Gasteiger charge is -2.09. The first-order valence-electron chi connectivity index (χ1n) is 8.72. The van der Waals surface area contributed by atoms with Gasteiger partial charge in [0.25, 0.3) is 11.5 Å². The monoisotopic (exact) mass is 374 g/mol. The zero-order valence-electron chi connectivity index (χ0n) is 15.5. The SMILES string of the molecule is CNC(=O)c1cccc(Cn2cnc3cc(-c4cnnn4C)ccc3c2=O)c1. The molecule has 0 atom stereocenters. The molecule has 0 saturated heterocycles. The van der Waals surface area contributed by atoms with Crippen molar-refractivity contribution in [3.63, 3.8) is 0 Å². The highest BCUT2D eigenvalue weighted by atomic mass is 16.1. The third-order valence-corrected chi connectivity index (χ3v) is 4.60. The molecule has 0 aliphatic heterocycles. The van der Waals surface area contributed by atoms with Crippen molar-refractivity contribution in [2.24, 2.45) is 7.05 Å². The summed E-state index contributed by atoms with van der Waals surface area (Å²) in [5, 5.41) is 10.9. The van der Waals surface area contributed by atoms with Crippen LogP contribution in [0.15, 0.2) is 59.8 Å². The Morgan fingerprint density at radius 3 is 2.79 bits per heavy atom. The van der Waals surface area contributed by atoms with Gasteiger partial charge >= 0.3 is 0 Å². The van der Waals surface area contributed by atoms with Crippen LogP contribution in [0.4, 0.5) is 0 Å². The second-order valence-corrected chi connectivity index (χ2v) is 6.43. The molecule has 0 radical (unpaired) electrons. The van der Waals surface area contributed by atoms with Gasteiger partial charge in [0.2, 0.25) is 0 Å². The molecule has 2 aromatic carbocycles. The van der Waals surface area contributed by atoms with Crippen LogP contribution in [0.1, 0.15) is 15.9 Å². The first-order chi connectivity index (χ1) is 13.6. The molecule has 4 rings (SSSR count). The molecule has 0 bridgehead atoms. The third kappa shape index (κ3) is 3.16. The minimum absolute atomic E-state index is 0.134. The van der Waals surface area contributed by atoms with Crippen molar-refractivity contribution in [3.8, 4) is 11.3 Å². The summed E-state index contributed by atoms with van der Waals surface area (Å²) >= 11 is 0. The Labute approximate surface area is 160 Å². The van der Waals surface area contributed by atoms with Gasteiger partial charge in [-0.05, 0) is 29.8 Å². The van der Waals surface area contributed by atoms with E-state index in [0.29, 0.717) is 23.0 Å². The number of amides is 1. The van der Waals surface area contributed by atoms with Crippen LogP contribution >= 0.6 is 0 Å². The van der Waals surface area contributed by atoms with E-state index in [1.165, 1.54) is 10.9 Å². The molecule has 28 heavy (non-hydrogen) atoms. The lowest BCUT2D eigenvalue weighted by Crippen LogP contribution is -2.22. The number of hydrogen-bond donors (Lipinski definition) is 1. The van der Waals surface area contributed by atoms with Crippen molar-refractivity contribution in [1.82, 2.24) is 29.9 Å². The molecule has 0 aliphatic carbocycles. The number of aromatic nitrogens is 5. The standard InChI is InChI=1S/C20H18N6O2/c1-21-19(27)15-5-3-4-13(8-15)11-26-12-22-17-9-14(6-7-16(17)20(26)28)18-10-23-24-25(18)2/h3-10,12H,11H2,1-2H3,(H,21,27). The lowest BCUT2D eigenvalue weighted by molar-refractivity contribution is 0.0963. The van der Waals surface area contributed by atoms with Gasteiger partial charge in [0.15, 0.2) is 0 Å². The number of aryl methyl sites for hydroxylation is 1. The summed E-state index contributed by atoms with van der Waals surface area (Å²) in [5.74, 6) is -0.164. The zero-order valence-corrected chi connectivity index (χ0v) is 15.5. The summed E-state index contributed by atoms with van der Waals surface area (Å²) in [4.78, 5) is 29.1. The molecular weight excluding hydrogens is 356 g/mol. The highest BCUT2D eigenvalue weighted by Crippen LogP contribution is 2.20. The maximum absolute atomic E-state index is 12.9. The topological polar surface area (TPSA) is 94.7 Å². The van der Waals surface area contributed by atoms with E-state index < -0.39 is 0 Å². The van der Waals surface area contributed by atoms with Gasteiger partial charge in [-0.1, -0.05) is 23.4 Å². The van der Waals surface area contributed by atoms with Crippen LogP contribution in [0.5, 0.6) is 0 Å². The average Bonchev–Trinajstić information content (AvgIpc) is 3.15. The van der Waals surface area contributed by atoms with Gasteiger partial charge in [-0.25, -0.2) is 9.67 Å². The summed E-state index contributed by atoms with van der Waals surface area (Å²) in [7, 11) is 3.40. The molecule has 1 N–H and O–H groups in total. The molecule has 4 aromatic rings. The van der Waals surface area contributed by atoms with Crippen LogP contribution in [0.25, 0.3) is 22.2 Å². The molecule has 140 valence electrons. The lowest BCUT2D eigenvalue weighted by atomic mass is 10.1. The Morgan fingerprint density at radius 1 is 1.18 bits per heavy atom. The van der Waals surface area contributed by atoms with E-state index in [1.807, 2.05) is 25.2 Å². The Kier molecular flexibility index (Phi) is 4.44. The maximum atomic E-state index is 12.9. The fourth-order valence-electron chi connectivity index (χ4n) is 3.13. The molecule has 1 amide bonds. The smallest absolute Gasteiger partial charge is 0.261 e. The summed E-state index contributed by atoms with van der Waals surface area (Å²) in [6.45, 7) is 0.333. The summed E-state index contributed by atoms with van der Waals surface area (Å²) in [6.07, 6.45) is 3.20. The van der Waals surface area contributed by atoms with Crippen LogP contribution in [0.3, 0.4) is 0 Å². The normalized spacial score (nSPS) is 10.9. The number of nitrogens with zero attached hydrogens (tertiary/aromatic N) is 5. The van der Waals surface area contributed by atoms with Gasteiger partial charge in [-0.15, -0.1) is 5.10 Å². The highest BCUT2D eigenvalue weighted by molar-refractivity contribution is 5.94. The molecule has 2 aromatic heterocycles. The molecule has 0 saturated carbocycles. The van der Waals surface area contributed by atoms with Crippen LogP contribution in [-0.2, 0) is 13.6 Å². The van der Waals surface area contributed by atoms with Gasteiger partial charge in [-0.2, -0.15) is 0 Å². The number of carbonyl (C=O) groups excluding carboxylic acids is 1. The van der Waals surface area contributed by atoms with Gasteiger partial charge in [0, 0.05) is 25.2 Å².